The second-order valence-electron chi connectivity index (χ2n) is 9.85. The summed E-state index contributed by atoms with van der Waals surface area (Å²) < 4.78 is 34.9. The molecule has 230 valence electrons. The molecule has 0 aliphatic carbocycles. The van der Waals surface area contributed by atoms with Gasteiger partial charge in [-0.15, -0.1) is 0 Å². The highest BCUT2D eigenvalue weighted by molar-refractivity contribution is 5.92. The van der Waals surface area contributed by atoms with Crippen molar-refractivity contribution in [3.05, 3.63) is 95.5 Å². The van der Waals surface area contributed by atoms with E-state index in [1.807, 2.05) is 72.8 Å². The van der Waals surface area contributed by atoms with Gasteiger partial charge >= 0.3 is 0 Å². The molecular weight excluding hydrogens is 534 g/mol. The minimum atomic E-state index is -1.11. The van der Waals surface area contributed by atoms with Crippen molar-refractivity contribution in [1.82, 2.24) is 4.90 Å². The van der Waals surface area contributed by atoms with Gasteiger partial charge in [-0.05, 0) is 43.0 Å². The molecule has 0 N–H and O–H groups in total. The first kappa shape index (κ1) is 34.8. The van der Waals surface area contributed by atoms with Crippen LogP contribution in [0.1, 0.15) is 43.7 Å². The third-order valence-electron chi connectivity index (χ3n) is 7.22. The van der Waals surface area contributed by atoms with Crippen LogP contribution in [0.3, 0.4) is 0 Å². The summed E-state index contributed by atoms with van der Waals surface area (Å²) in [5, 5.41) is 0. The van der Waals surface area contributed by atoms with Crippen molar-refractivity contribution in [3.8, 4) is 0 Å². The number of nitrogens with zero attached hydrogens (tertiary/aromatic N) is 1. The molecule has 1 amide bonds. The minimum absolute atomic E-state index is 0.116. The Balaban J connectivity index is 2.18. The first-order chi connectivity index (χ1) is 20.2. The van der Waals surface area contributed by atoms with Gasteiger partial charge in [-0.25, -0.2) is 0 Å². The van der Waals surface area contributed by atoms with Gasteiger partial charge in [0.05, 0.1) is 14.2 Å². The Labute approximate surface area is 251 Å². The number of ether oxygens (including phenoxy) is 6. The fourth-order valence-corrected chi connectivity index (χ4v) is 4.86. The van der Waals surface area contributed by atoms with Crippen molar-refractivity contribution >= 4 is 18.1 Å². The predicted octanol–water partition coefficient (Wildman–Crippen LogP) is 6.30. The predicted molar refractivity (Wildman–Crippen MR) is 166 cm³/mol. The number of carbonyl (C=O) groups excluding carboxylic acids is 1. The molecule has 0 saturated carbocycles. The molecule has 0 aromatic heterocycles. The van der Waals surface area contributed by atoms with Gasteiger partial charge in [0.1, 0.15) is 0 Å². The van der Waals surface area contributed by atoms with Crippen molar-refractivity contribution in [2.75, 3.05) is 55.7 Å². The summed E-state index contributed by atoms with van der Waals surface area (Å²) in [6, 6.07) is 19.6. The van der Waals surface area contributed by atoms with Gasteiger partial charge in [0, 0.05) is 59.9 Å². The van der Waals surface area contributed by atoms with Crippen LogP contribution in [0.4, 0.5) is 0 Å². The van der Waals surface area contributed by atoms with E-state index in [4.69, 9.17) is 28.4 Å². The number of methoxy groups -OCH3 is 6. The van der Waals surface area contributed by atoms with E-state index in [9.17, 15) is 4.79 Å². The molecule has 0 heterocycles. The van der Waals surface area contributed by atoms with E-state index in [1.165, 1.54) is 0 Å². The summed E-state index contributed by atoms with van der Waals surface area (Å²) in [7, 11) is 9.54. The fourth-order valence-electron chi connectivity index (χ4n) is 4.86. The molecule has 0 atom stereocenters. The Bertz CT molecular complexity index is 1070. The first-order valence-electron chi connectivity index (χ1n) is 14.0. The van der Waals surface area contributed by atoms with Crippen LogP contribution in [-0.2, 0) is 33.2 Å². The molecule has 8 heteroatoms. The maximum Gasteiger partial charge on any atom is 0.248 e. The Hall–Kier alpha value is -3.43. The largest absolute Gasteiger partial charge is 0.495 e. The zero-order valence-electron chi connectivity index (χ0n) is 26.2. The van der Waals surface area contributed by atoms with E-state index in [-0.39, 0.29) is 5.91 Å². The normalized spacial score (nSPS) is 12.6. The van der Waals surface area contributed by atoms with E-state index in [1.54, 1.807) is 54.5 Å². The van der Waals surface area contributed by atoms with E-state index in [0.29, 0.717) is 55.9 Å². The summed E-state index contributed by atoms with van der Waals surface area (Å²) in [6.45, 7) is 6.53. The second kappa shape index (κ2) is 17.5. The second-order valence-corrected chi connectivity index (χ2v) is 9.85. The highest BCUT2D eigenvalue weighted by atomic mass is 16.7. The lowest BCUT2D eigenvalue weighted by molar-refractivity contribution is -0.205. The van der Waals surface area contributed by atoms with E-state index in [2.05, 4.69) is 6.58 Å². The van der Waals surface area contributed by atoms with Crippen LogP contribution in [0.15, 0.2) is 84.3 Å². The zero-order chi connectivity index (χ0) is 31.0. The average molecular weight is 582 g/mol. The van der Waals surface area contributed by atoms with Gasteiger partial charge in [0.15, 0.2) is 11.5 Å². The van der Waals surface area contributed by atoms with Crippen molar-refractivity contribution in [2.24, 2.45) is 0 Å². The van der Waals surface area contributed by atoms with Gasteiger partial charge in [0.2, 0.25) is 17.5 Å². The van der Waals surface area contributed by atoms with Crippen LogP contribution in [0.5, 0.6) is 0 Å². The van der Waals surface area contributed by atoms with Crippen LogP contribution in [0.2, 0.25) is 0 Å². The van der Waals surface area contributed by atoms with Crippen LogP contribution in [0.25, 0.3) is 12.2 Å². The Kier molecular flexibility index (Phi) is 14.5. The monoisotopic (exact) mass is 581 g/mol. The third kappa shape index (κ3) is 9.29. The number of hydrogen-bond acceptors (Lipinski definition) is 7. The van der Waals surface area contributed by atoms with E-state index >= 15 is 0 Å². The molecule has 0 unspecified atom stereocenters. The van der Waals surface area contributed by atoms with Crippen LogP contribution < -0.4 is 0 Å². The maximum atomic E-state index is 13.1. The quantitative estimate of drug-likeness (QED) is 0.109. The maximum absolute atomic E-state index is 13.1. The lowest BCUT2D eigenvalue weighted by Crippen LogP contribution is -2.40. The van der Waals surface area contributed by atoms with E-state index < -0.39 is 11.6 Å². The van der Waals surface area contributed by atoms with Crippen LogP contribution in [-0.4, -0.2) is 78.1 Å². The van der Waals surface area contributed by atoms with Gasteiger partial charge in [0.25, 0.3) is 0 Å². The molecule has 0 radical (unpaired) electrons. The summed E-state index contributed by atoms with van der Waals surface area (Å²) in [5.41, 5.74) is 2.39. The lowest BCUT2D eigenvalue weighted by Gasteiger charge is -2.34. The SMILES string of the molecule is C=C(C)C(=O)N(CCCC(OC)(OC)C(=Cc1ccccc1)OC)CCCC(OC)(OC)C(=Cc1ccccc1)OC. The van der Waals surface area contributed by atoms with Gasteiger partial charge in [-0.1, -0.05) is 67.2 Å². The summed E-state index contributed by atoms with van der Waals surface area (Å²) in [5.74, 6) is -1.26. The molecule has 2 aromatic rings. The topological polar surface area (TPSA) is 75.7 Å². The standard InChI is InChI=1S/C34H47NO7/c1-27(2)32(36)35(23-15-21-33(39-5,40-6)30(37-3)25-28-17-11-9-12-18-28)24-16-22-34(41-7,42-8)31(38-4)26-29-19-13-10-14-20-29/h9-14,17-20,25-26H,1,15-16,21-24H2,2-8H3. The molecule has 42 heavy (non-hydrogen) atoms. The third-order valence-corrected chi connectivity index (χ3v) is 7.22. The summed E-state index contributed by atoms with van der Waals surface area (Å²) >= 11 is 0. The molecule has 0 spiro atoms. The van der Waals surface area contributed by atoms with Crippen molar-refractivity contribution in [2.45, 2.75) is 44.2 Å². The Morgan fingerprint density at radius 1 is 0.690 bits per heavy atom. The highest BCUT2D eigenvalue weighted by Crippen LogP contribution is 2.32. The van der Waals surface area contributed by atoms with E-state index in [0.717, 1.165) is 11.1 Å². The molecule has 0 fully saturated rings. The van der Waals surface area contributed by atoms with Gasteiger partial charge in [-0.3, -0.25) is 4.79 Å². The van der Waals surface area contributed by atoms with Crippen molar-refractivity contribution < 1.29 is 33.2 Å². The lowest BCUT2D eigenvalue weighted by atomic mass is 10.0. The molecule has 0 bridgehead atoms. The Morgan fingerprint density at radius 3 is 1.33 bits per heavy atom. The molecule has 2 aromatic carbocycles. The Morgan fingerprint density at radius 2 is 1.05 bits per heavy atom. The highest BCUT2D eigenvalue weighted by Gasteiger charge is 2.37. The smallest absolute Gasteiger partial charge is 0.248 e. The summed E-state index contributed by atoms with van der Waals surface area (Å²) in [6.07, 6.45) is 5.89. The van der Waals surface area contributed by atoms with Gasteiger partial charge in [-0.2, -0.15) is 0 Å². The van der Waals surface area contributed by atoms with Crippen LogP contribution >= 0.6 is 0 Å². The van der Waals surface area contributed by atoms with Gasteiger partial charge < -0.3 is 33.3 Å². The molecule has 0 aliphatic rings. The molecule has 8 nitrogen and oxygen atoms in total. The first-order valence-corrected chi connectivity index (χ1v) is 14.0. The molecule has 0 aliphatic heterocycles. The molecule has 2 rings (SSSR count). The molecule has 0 saturated heterocycles. The summed E-state index contributed by atoms with van der Waals surface area (Å²) in [4.78, 5) is 14.9. The average Bonchev–Trinajstić information content (AvgIpc) is 3.03. The zero-order valence-corrected chi connectivity index (χ0v) is 26.2. The van der Waals surface area contributed by atoms with Crippen molar-refractivity contribution in [1.29, 1.82) is 0 Å². The number of amides is 1. The molecular formula is C34H47NO7. The number of hydrogen-bond donors (Lipinski definition) is 0. The number of benzene rings is 2. The fraction of sp³-hybridized carbons (Fsp3) is 0.441. The van der Waals surface area contributed by atoms with Crippen molar-refractivity contribution in [3.63, 3.8) is 0 Å². The number of rotatable bonds is 19. The van der Waals surface area contributed by atoms with Crippen LogP contribution in [0, 0.1) is 0 Å². The minimum Gasteiger partial charge on any atom is -0.495 e. The number of carbonyl (C=O) groups is 1.